The van der Waals surface area contributed by atoms with Crippen LogP contribution in [0.5, 0.6) is 0 Å². The number of nitrogens with one attached hydrogen (secondary N) is 1. The van der Waals surface area contributed by atoms with Crippen molar-refractivity contribution in [3.8, 4) is 0 Å². The Kier molecular flexibility index (Phi) is 5.22. The Labute approximate surface area is 171 Å². The summed E-state index contributed by atoms with van der Waals surface area (Å²) in [6.45, 7) is 1.03. The maximum atomic E-state index is 12.7. The number of carbonyl (C=O) groups is 2. The van der Waals surface area contributed by atoms with Gasteiger partial charge in [0.1, 0.15) is 6.54 Å². The maximum absolute atomic E-state index is 12.7. The number of hydrogen-bond donors (Lipinski definition) is 1. The Bertz CT molecular complexity index is 1240. The van der Waals surface area contributed by atoms with Crippen LogP contribution >= 0.6 is 0 Å². The number of ether oxygens (including phenoxy) is 1. The third-order valence-electron chi connectivity index (χ3n) is 5.32. The van der Waals surface area contributed by atoms with Gasteiger partial charge in [-0.05, 0) is 43.5 Å². The van der Waals surface area contributed by atoms with Crippen LogP contribution in [-0.4, -0.2) is 34.3 Å². The molecule has 0 saturated heterocycles. The summed E-state index contributed by atoms with van der Waals surface area (Å²) in [4.78, 5) is 51.3. The lowest BCUT2D eigenvalue weighted by molar-refractivity contribution is -0.148. The lowest BCUT2D eigenvalue weighted by atomic mass is 9.96. The lowest BCUT2D eigenvalue weighted by Crippen LogP contribution is -2.44. The van der Waals surface area contributed by atoms with Crippen LogP contribution in [0.15, 0.2) is 58.1 Å². The summed E-state index contributed by atoms with van der Waals surface area (Å²) in [5.74, 6) is -1.11. The second-order valence-corrected chi connectivity index (χ2v) is 7.32. The maximum Gasteiger partial charge on any atom is 0.328 e. The molecule has 0 fully saturated rings. The van der Waals surface area contributed by atoms with Crippen LogP contribution in [-0.2, 0) is 27.3 Å². The molecule has 1 aromatic heterocycles. The van der Waals surface area contributed by atoms with E-state index in [0.29, 0.717) is 0 Å². The highest BCUT2D eigenvalue weighted by atomic mass is 16.5. The van der Waals surface area contributed by atoms with Gasteiger partial charge in [0.05, 0.1) is 10.8 Å². The molecular formula is C22H21N3O5. The van der Waals surface area contributed by atoms with Crippen LogP contribution in [0, 0.1) is 0 Å². The van der Waals surface area contributed by atoms with E-state index < -0.39 is 30.2 Å². The van der Waals surface area contributed by atoms with Crippen molar-refractivity contribution in [2.45, 2.75) is 32.4 Å². The van der Waals surface area contributed by atoms with Crippen molar-refractivity contribution in [2.75, 3.05) is 11.5 Å². The predicted molar refractivity (Wildman–Crippen MR) is 111 cm³/mol. The summed E-state index contributed by atoms with van der Waals surface area (Å²) >= 11 is 0. The highest BCUT2D eigenvalue weighted by Crippen LogP contribution is 2.30. The van der Waals surface area contributed by atoms with E-state index in [1.54, 1.807) is 17.0 Å². The van der Waals surface area contributed by atoms with Gasteiger partial charge in [-0.2, -0.15) is 0 Å². The molecule has 8 nitrogen and oxygen atoms in total. The zero-order valence-electron chi connectivity index (χ0n) is 16.5. The molecule has 0 saturated carbocycles. The summed E-state index contributed by atoms with van der Waals surface area (Å²) < 4.78 is 6.02. The van der Waals surface area contributed by atoms with E-state index in [2.05, 4.69) is 5.10 Å². The molecule has 2 aromatic carbocycles. The van der Waals surface area contributed by atoms with Crippen LogP contribution < -0.4 is 16.0 Å². The fraction of sp³-hybridized carbons (Fsp3) is 0.273. The van der Waals surface area contributed by atoms with E-state index in [-0.39, 0.29) is 22.7 Å². The first-order valence-corrected chi connectivity index (χ1v) is 9.73. The Hall–Kier alpha value is -3.68. The largest absolute Gasteiger partial charge is 0.454 e. The molecule has 0 aliphatic carbocycles. The number of rotatable bonds is 4. The van der Waals surface area contributed by atoms with Gasteiger partial charge in [0.25, 0.3) is 17.0 Å². The minimum Gasteiger partial charge on any atom is -0.454 e. The van der Waals surface area contributed by atoms with Gasteiger partial charge in [0, 0.05) is 11.7 Å². The molecule has 8 heteroatoms. The van der Waals surface area contributed by atoms with Gasteiger partial charge in [-0.25, -0.2) is 4.68 Å². The molecule has 1 aliphatic rings. The molecule has 30 heavy (non-hydrogen) atoms. The third-order valence-corrected chi connectivity index (χ3v) is 5.32. The number of anilines is 1. The van der Waals surface area contributed by atoms with Crippen molar-refractivity contribution >= 4 is 28.3 Å². The standard InChI is InChI=1S/C22H21N3O5/c1-14-10-11-15-6-2-5-9-18(15)25(14)19(26)13-30-20(27)12-24-22(29)17-8-4-3-7-16(17)21(28)23-24/h2-9,14H,10-13H2,1H3,(H,23,28). The van der Waals surface area contributed by atoms with Gasteiger partial charge >= 0.3 is 5.97 Å². The smallest absolute Gasteiger partial charge is 0.328 e. The monoisotopic (exact) mass is 407 g/mol. The van der Waals surface area contributed by atoms with Gasteiger partial charge < -0.3 is 9.64 Å². The quantitative estimate of drug-likeness (QED) is 0.662. The SMILES string of the molecule is CC1CCc2ccccc2N1C(=O)COC(=O)Cn1[nH]c(=O)c2ccccc2c1=O. The number of aryl methyl sites for hydroxylation is 1. The fourth-order valence-corrected chi connectivity index (χ4v) is 3.81. The summed E-state index contributed by atoms with van der Waals surface area (Å²) in [6.07, 6.45) is 1.71. The number of hydrogen-bond acceptors (Lipinski definition) is 5. The molecule has 1 N–H and O–H groups in total. The lowest BCUT2D eigenvalue weighted by Gasteiger charge is -2.35. The van der Waals surface area contributed by atoms with Crippen LogP contribution in [0.4, 0.5) is 5.69 Å². The van der Waals surface area contributed by atoms with E-state index in [1.807, 2.05) is 31.2 Å². The number of nitrogens with zero attached hydrogens (tertiary/aromatic N) is 2. The molecule has 0 radical (unpaired) electrons. The number of carbonyl (C=O) groups excluding carboxylic acids is 2. The minimum absolute atomic E-state index is 0.00874. The zero-order chi connectivity index (χ0) is 21.3. The second kappa shape index (κ2) is 7.98. The van der Waals surface area contributed by atoms with E-state index >= 15 is 0 Å². The topological polar surface area (TPSA) is 101 Å². The van der Waals surface area contributed by atoms with Crippen LogP contribution in [0.1, 0.15) is 18.9 Å². The van der Waals surface area contributed by atoms with Gasteiger partial charge in [-0.15, -0.1) is 0 Å². The number of fused-ring (bicyclic) bond motifs is 2. The molecule has 1 amide bonds. The van der Waals surface area contributed by atoms with Crippen LogP contribution in [0.25, 0.3) is 10.8 Å². The number of aromatic nitrogens is 2. The molecule has 1 unspecified atom stereocenters. The van der Waals surface area contributed by atoms with Crippen molar-refractivity contribution in [1.29, 1.82) is 0 Å². The van der Waals surface area contributed by atoms with Crippen molar-refractivity contribution < 1.29 is 14.3 Å². The first-order chi connectivity index (χ1) is 14.5. The predicted octanol–water partition coefficient (Wildman–Crippen LogP) is 1.60. The summed E-state index contributed by atoms with van der Waals surface area (Å²) in [7, 11) is 0. The van der Waals surface area contributed by atoms with E-state index in [0.717, 1.165) is 28.8 Å². The number of benzene rings is 2. The second-order valence-electron chi connectivity index (χ2n) is 7.32. The molecular weight excluding hydrogens is 386 g/mol. The van der Waals surface area contributed by atoms with Crippen molar-refractivity contribution in [3.63, 3.8) is 0 Å². The molecule has 0 bridgehead atoms. The number of aromatic amines is 1. The number of amides is 1. The molecule has 3 aromatic rings. The third kappa shape index (κ3) is 3.63. The van der Waals surface area contributed by atoms with Crippen LogP contribution in [0.3, 0.4) is 0 Å². The van der Waals surface area contributed by atoms with Crippen molar-refractivity contribution in [3.05, 3.63) is 74.8 Å². The molecule has 2 heterocycles. The Morgan fingerprint density at radius 2 is 1.77 bits per heavy atom. The highest BCUT2D eigenvalue weighted by molar-refractivity contribution is 5.96. The zero-order valence-corrected chi connectivity index (χ0v) is 16.5. The first kappa shape index (κ1) is 19.6. The molecule has 4 rings (SSSR count). The minimum atomic E-state index is -0.783. The highest BCUT2D eigenvalue weighted by Gasteiger charge is 2.28. The molecule has 1 atom stereocenters. The van der Waals surface area contributed by atoms with Gasteiger partial charge in [-0.1, -0.05) is 30.3 Å². The molecule has 154 valence electrons. The Morgan fingerprint density at radius 3 is 2.57 bits per heavy atom. The van der Waals surface area contributed by atoms with Crippen LogP contribution in [0.2, 0.25) is 0 Å². The Balaban J connectivity index is 1.47. The molecule has 0 spiro atoms. The van der Waals surface area contributed by atoms with Crippen molar-refractivity contribution in [1.82, 2.24) is 9.78 Å². The Morgan fingerprint density at radius 1 is 1.07 bits per heavy atom. The summed E-state index contributed by atoms with van der Waals surface area (Å²) in [5, 5.41) is 2.83. The molecule has 1 aliphatic heterocycles. The van der Waals surface area contributed by atoms with Gasteiger partial charge in [0.15, 0.2) is 6.61 Å². The van der Waals surface area contributed by atoms with E-state index in [1.165, 1.54) is 12.1 Å². The van der Waals surface area contributed by atoms with E-state index in [9.17, 15) is 19.2 Å². The van der Waals surface area contributed by atoms with Gasteiger partial charge in [0.2, 0.25) is 0 Å². The first-order valence-electron chi connectivity index (χ1n) is 9.73. The average Bonchev–Trinajstić information content (AvgIpc) is 2.75. The summed E-state index contributed by atoms with van der Waals surface area (Å²) in [6, 6.07) is 14.0. The summed E-state index contributed by atoms with van der Waals surface area (Å²) in [5.41, 5.74) is 0.919. The van der Waals surface area contributed by atoms with Crippen molar-refractivity contribution in [2.24, 2.45) is 0 Å². The fourth-order valence-electron chi connectivity index (χ4n) is 3.81. The van der Waals surface area contributed by atoms with E-state index in [4.69, 9.17) is 4.74 Å². The normalized spacial score (nSPS) is 15.6. The number of H-pyrrole nitrogens is 1. The number of para-hydroxylation sites is 1. The average molecular weight is 407 g/mol. The van der Waals surface area contributed by atoms with Gasteiger partial charge in [-0.3, -0.25) is 24.3 Å². The number of esters is 1.